The maximum atomic E-state index is 13.3. The minimum atomic E-state index is -0.336. The van der Waals surface area contributed by atoms with Crippen LogP contribution in [0.5, 0.6) is 0 Å². The molecular formula is C19H17FN4O2S. The molecule has 1 aromatic carbocycles. The van der Waals surface area contributed by atoms with Crippen LogP contribution in [-0.2, 0) is 4.79 Å². The second-order valence-corrected chi connectivity index (χ2v) is 6.67. The highest BCUT2D eigenvalue weighted by Gasteiger charge is 2.06. The van der Waals surface area contributed by atoms with E-state index >= 15 is 0 Å². The fraction of sp³-hybridized carbons (Fsp3) is 0.158. The highest BCUT2D eigenvalue weighted by molar-refractivity contribution is 7.99. The molecule has 8 heteroatoms. The molecule has 0 atom stereocenters. The first-order valence-corrected chi connectivity index (χ1v) is 9.11. The average Bonchev–Trinajstić information content (AvgIpc) is 3.08. The molecule has 0 saturated carbocycles. The molecule has 1 N–H and O–H groups in total. The number of halogens is 1. The predicted octanol–water partition coefficient (Wildman–Crippen LogP) is 3.73. The van der Waals surface area contributed by atoms with Crippen LogP contribution in [0.25, 0.3) is 11.3 Å². The van der Waals surface area contributed by atoms with E-state index in [9.17, 15) is 9.18 Å². The minimum absolute atomic E-state index is 0.146. The summed E-state index contributed by atoms with van der Waals surface area (Å²) in [6, 6.07) is 11.4. The number of hydrogen-bond acceptors (Lipinski definition) is 6. The predicted molar refractivity (Wildman–Crippen MR) is 102 cm³/mol. The highest BCUT2D eigenvalue weighted by Crippen LogP contribution is 2.22. The molecular weight excluding hydrogens is 367 g/mol. The third kappa shape index (κ3) is 5.49. The number of furan rings is 1. The van der Waals surface area contributed by atoms with Crippen molar-refractivity contribution in [2.75, 3.05) is 5.75 Å². The number of carbonyl (C=O) groups excluding carboxylic acids is 1. The standard InChI is InChI=1S/C19H17FN4O2S/c1-12-8-13(2)23-19(22-12)27-11-18(25)24-21-10-16-6-7-17(26-16)14-4-3-5-15(20)9-14/h3-10H,11H2,1-2H3,(H,24,25)/b21-10-. The molecule has 0 aliphatic heterocycles. The van der Waals surface area contributed by atoms with Crippen molar-refractivity contribution in [2.45, 2.75) is 19.0 Å². The number of hydrazone groups is 1. The van der Waals surface area contributed by atoms with Gasteiger partial charge in [0.1, 0.15) is 17.3 Å². The molecule has 3 rings (SSSR count). The molecule has 3 aromatic rings. The number of amides is 1. The van der Waals surface area contributed by atoms with Crippen molar-refractivity contribution in [3.63, 3.8) is 0 Å². The quantitative estimate of drug-likeness (QED) is 0.303. The monoisotopic (exact) mass is 384 g/mol. The molecule has 138 valence electrons. The molecule has 0 radical (unpaired) electrons. The van der Waals surface area contributed by atoms with Gasteiger partial charge in [-0.25, -0.2) is 19.8 Å². The summed E-state index contributed by atoms with van der Waals surface area (Å²) in [4.78, 5) is 20.4. The SMILES string of the molecule is Cc1cc(C)nc(SCC(=O)N/N=C\c2ccc(-c3cccc(F)c3)o2)n1. The average molecular weight is 384 g/mol. The van der Waals surface area contributed by atoms with Crippen LogP contribution in [0.4, 0.5) is 4.39 Å². The Kier molecular flexibility index (Phi) is 5.97. The summed E-state index contributed by atoms with van der Waals surface area (Å²) in [5.74, 6) is 0.490. The molecule has 0 aliphatic rings. The van der Waals surface area contributed by atoms with Crippen LogP contribution in [0, 0.1) is 19.7 Å². The smallest absolute Gasteiger partial charge is 0.250 e. The summed E-state index contributed by atoms with van der Waals surface area (Å²) in [6.07, 6.45) is 1.39. The number of hydrogen-bond donors (Lipinski definition) is 1. The van der Waals surface area contributed by atoms with Crippen LogP contribution >= 0.6 is 11.8 Å². The van der Waals surface area contributed by atoms with Crippen LogP contribution in [-0.4, -0.2) is 27.8 Å². The molecule has 0 fully saturated rings. The lowest BCUT2D eigenvalue weighted by atomic mass is 10.2. The van der Waals surface area contributed by atoms with Crippen LogP contribution < -0.4 is 5.43 Å². The first-order chi connectivity index (χ1) is 13.0. The summed E-state index contributed by atoms with van der Waals surface area (Å²) in [5, 5.41) is 4.42. The Morgan fingerprint density at radius 3 is 2.74 bits per heavy atom. The Morgan fingerprint density at radius 1 is 1.22 bits per heavy atom. The van der Waals surface area contributed by atoms with Crippen molar-refractivity contribution in [1.82, 2.24) is 15.4 Å². The first-order valence-electron chi connectivity index (χ1n) is 8.12. The van der Waals surface area contributed by atoms with Crippen molar-refractivity contribution in [2.24, 2.45) is 5.10 Å². The van der Waals surface area contributed by atoms with Gasteiger partial charge in [-0.3, -0.25) is 4.79 Å². The lowest BCUT2D eigenvalue weighted by molar-refractivity contribution is -0.118. The highest BCUT2D eigenvalue weighted by atomic mass is 32.2. The van der Waals surface area contributed by atoms with E-state index in [0.29, 0.717) is 22.2 Å². The zero-order valence-corrected chi connectivity index (χ0v) is 15.6. The summed E-state index contributed by atoms with van der Waals surface area (Å²) in [5.41, 5.74) is 4.76. The number of thioether (sulfide) groups is 1. The number of nitrogens with one attached hydrogen (secondary N) is 1. The van der Waals surface area contributed by atoms with Crippen LogP contribution in [0.3, 0.4) is 0 Å². The Bertz CT molecular complexity index is 967. The van der Waals surface area contributed by atoms with Crippen LogP contribution in [0.2, 0.25) is 0 Å². The number of aromatic nitrogens is 2. The van der Waals surface area contributed by atoms with Crippen molar-refractivity contribution in [3.8, 4) is 11.3 Å². The van der Waals surface area contributed by atoms with E-state index in [1.165, 1.54) is 30.1 Å². The zero-order chi connectivity index (χ0) is 19.2. The maximum absolute atomic E-state index is 13.3. The van der Waals surface area contributed by atoms with Gasteiger partial charge in [0.15, 0.2) is 5.16 Å². The molecule has 0 aliphatic carbocycles. The fourth-order valence-electron chi connectivity index (χ4n) is 2.31. The third-order valence-electron chi connectivity index (χ3n) is 3.41. The molecule has 2 heterocycles. The van der Waals surface area contributed by atoms with E-state index in [-0.39, 0.29) is 17.5 Å². The Balaban J connectivity index is 1.52. The number of aryl methyl sites for hydroxylation is 2. The van der Waals surface area contributed by atoms with E-state index in [2.05, 4.69) is 20.5 Å². The summed E-state index contributed by atoms with van der Waals surface area (Å²) >= 11 is 1.24. The van der Waals surface area contributed by atoms with Gasteiger partial charge in [-0.05, 0) is 44.2 Å². The second kappa shape index (κ2) is 8.59. The van der Waals surface area contributed by atoms with E-state index < -0.39 is 0 Å². The third-order valence-corrected chi connectivity index (χ3v) is 4.26. The summed E-state index contributed by atoms with van der Waals surface area (Å²) < 4.78 is 18.8. The Morgan fingerprint density at radius 2 is 2.00 bits per heavy atom. The van der Waals surface area contributed by atoms with E-state index in [1.54, 1.807) is 24.3 Å². The summed E-state index contributed by atoms with van der Waals surface area (Å²) in [6.45, 7) is 3.76. The normalized spacial score (nSPS) is 11.1. The van der Waals surface area contributed by atoms with Gasteiger partial charge in [0.05, 0.1) is 12.0 Å². The van der Waals surface area contributed by atoms with Gasteiger partial charge < -0.3 is 4.42 Å². The van der Waals surface area contributed by atoms with Crippen LogP contribution in [0.1, 0.15) is 17.1 Å². The molecule has 0 spiro atoms. The van der Waals surface area contributed by atoms with Gasteiger partial charge in [0, 0.05) is 17.0 Å². The van der Waals surface area contributed by atoms with Crippen molar-refractivity contribution >= 4 is 23.9 Å². The van der Waals surface area contributed by atoms with Crippen molar-refractivity contribution in [3.05, 3.63) is 65.4 Å². The first kappa shape index (κ1) is 18.8. The number of nitrogens with zero attached hydrogens (tertiary/aromatic N) is 3. The number of rotatable bonds is 6. The Labute approximate surface area is 159 Å². The molecule has 27 heavy (non-hydrogen) atoms. The molecule has 0 bridgehead atoms. The molecule has 1 amide bonds. The van der Waals surface area contributed by atoms with Gasteiger partial charge >= 0.3 is 0 Å². The number of carbonyl (C=O) groups is 1. The van der Waals surface area contributed by atoms with Gasteiger partial charge in [-0.2, -0.15) is 5.10 Å². The largest absolute Gasteiger partial charge is 0.455 e. The number of benzene rings is 1. The van der Waals surface area contributed by atoms with Gasteiger partial charge in [-0.15, -0.1) is 0 Å². The lowest BCUT2D eigenvalue weighted by Crippen LogP contribution is -2.19. The van der Waals surface area contributed by atoms with Gasteiger partial charge in [0.2, 0.25) is 0 Å². The van der Waals surface area contributed by atoms with E-state index in [4.69, 9.17) is 4.42 Å². The molecule has 0 saturated heterocycles. The minimum Gasteiger partial charge on any atom is -0.455 e. The Hall–Kier alpha value is -3.00. The molecule has 0 unspecified atom stereocenters. The van der Waals surface area contributed by atoms with Crippen molar-refractivity contribution in [1.29, 1.82) is 0 Å². The fourth-order valence-corrected chi connectivity index (χ4v) is 3.05. The van der Waals surface area contributed by atoms with Crippen molar-refractivity contribution < 1.29 is 13.6 Å². The van der Waals surface area contributed by atoms with Crippen LogP contribution in [0.15, 0.2) is 57.1 Å². The molecule has 6 nitrogen and oxygen atoms in total. The second-order valence-electron chi connectivity index (χ2n) is 5.73. The van der Waals surface area contributed by atoms with Gasteiger partial charge in [0.25, 0.3) is 5.91 Å². The van der Waals surface area contributed by atoms with E-state index in [1.807, 2.05) is 19.9 Å². The van der Waals surface area contributed by atoms with Gasteiger partial charge in [-0.1, -0.05) is 23.9 Å². The zero-order valence-electron chi connectivity index (χ0n) is 14.8. The van der Waals surface area contributed by atoms with E-state index in [0.717, 1.165) is 11.4 Å². The summed E-state index contributed by atoms with van der Waals surface area (Å²) in [7, 11) is 0. The lowest BCUT2D eigenvalue weighted by Gasteiger charge is -2.02. The maximum Gasteiger partial charge on any atom is 0.250 e. The molecule has 2 aromatic heterocycles. The topological polar surface area (TPSA) is 80.4 Å².